The first kappa shape index (κ1) is 10.2. The van der Waals surface area contributed by atoms with E-state index >= 15 is 0 Å². The SMILES string of the molecule is Brc1ccc2nc(CC3CCCN3)nn2c1. The topological polar surface area (TPSA) is 42.2 Å². The van der Waals surface area contributed by atoms with E-state index in [9.17, 15) is 0 Å². The van der Waals surface area contributed by atoms with E-state index < -0.39 is 0 Å². The van der Waals surface area contributed by atoms with Crippen LogP contribution < -0.4 is 5.32 Å². The highest BCUT2D eigenvalue weighted by Gasteiger charge is 2.16. The lowest BCUT2D eigenvalue weighted by atomic mass is 10.1. The minimum atomic E-state index is 0.556. The Bertz CT molecular complexity index is 502. The fourth-order valence-corrected chi connectivity index (χ4v) is 2.47. The minimum absolute atomic E-state index is 0.556. The smallest absolute Gasteiger partial charge is 0.155 e. The lowest BCUT2D eigenvalue weighted by molar-refractivity contribution is 0.585. The van der Waals surface area contributed by atoms with Crippen molar-refractivity contribution in [3.8, 4) is 0 Å². The Morgan fingerprint density at radius 2 is 2.44 bits per heavy atom. The Morgan fingerprint density at radius 3 is 3.25 bits per heavy atom. The van der Waals surface area contributed by atoms with Gasteiger partial charge in [0.05, 0.1) is 0 Å². The zero-order valence-corrected chi connectivity index (χ0v) is 10.4. The van der Waals surface area contributed by atoms with Gasteiger partial charge in [-0.2, -0.15) is 5.10 Å². The molecule has 1 atom stereocenters. The van der Waals surface area contributed by atoms with E-state index in [1.165, 1.54) is 12.8 Å². The van der Waals surface area contributed by atoms with Crippen molar-refractivity contribution >= 4 is 21.6 Å². The summed E-state index contributed by atoms with van der Waals surface area (Å²) >= 11 is 3.43. The average Bonchev–Trinajstić information content (AvgIpc) is 2.86. The first-order valence-corrected chi connectivity index (χ1v) is 6.35. The highest BCUT2D eigenvalue weighted by atomic mass is 79.9. The van der Waals surface area contributed by atoms with Crippen molar-refractivity contribution in [2.45, 2.75) is 25.3 Å². The standard InChI is InChI=1S/C11H13BrN4/c12-8-3-4-11-14-10(15-16(11)7-8)6-9-2-1-5-13-9/h3-4,7,9,13H,1-2,5-6H2. The molecule has 0 spiro atoms. The summed E-state index contributed by atoms with van der Waals surface area (Å²) in [6.45, 7) is 1.13. The largest absolute Gasteiger partial charge is 0.314 e. The molecule has 1 fully saturated rings. The summed E-state index contributed by atoms with van der Waals surface area (Å²) in [4.78, 5) is 4.51. The summed E-state index contributed by atoms with van der Waals surface area (Å²) in [7, 11) is 0. The van der Waals surface area contributed by atoms with Crippen LogP contribution in [-0.4, -0.2) is 27.2 Å². The molecule has 0 aromatic carbocycles. The summed E-state index contributed by atoms with van der Waals surface area (Å²) in [6.07, 6.45) is 5.37. The fraction of sp³-hybridized carbons (Fsp3) is 0.455. The van der Waals surface area contributed by atoms with Crippen LogP contribution in [0.3, 0.4) is 0 Å². The van der Waals surface area contributed by atoms with Crippen molar-refractivity contribution < 1.29 is 0 Å². The number of rotatable bonds is 2. The Hall–Kier alpha value is -0.940. The number of hydrogen-bond donors (Lipinski definition) is 1. The molecular weight excluding hydrogens is 268 g/mol. The first-order chi connectivity index (χ1) is 7.81. The predicted octanol–water partition coefficient (Wildman–Crippen LogP) is 1.79. The molecule has 84 valence electrons. The number of nitrogens with one attached hydrogen (secondary N) is 1. The number of aromatic nitrogens is 3. The molecule has 1 unspecified atom stereocenters. The van der Waals surface area contributed by atoms with Gasteiger partial charge in [0.2, 0.25) is 0 Å². The van der Waals surface area contributed by atoms with Crippen LogP contribution >= 0.6 is 15.9 Å². The third-order valence-corrected chi connectivity index (χ3v) is 3.40. The Morgan fingerprint density at radius 1 is 1.50 bits per heavy atom. The second-order valence-corrected chi connectivity index (χ2v) is 5.09. The van der Waals surface area contributed by atoms with Gasteiger partial charge in [-0.05, 0) is 47.4 Å². The van der Waals surface area contributed by atoms with E-state index in [4.69, 9.17) is 0 Å². The summed E-state index contributed by atoms with van der Waals surface area (Å²) in [6, 6.07) is 4.52. The molecule has 0 bridgehead atoms. The zero-order valence-electron chi connectivity index (χ0n) is 8.86. The van der Waals surface area contributed by atoms with Crippen LogP contribution in [0.2, 0.25) is 0 Å². The Balaban J connectivity index is 1.86. The highest BCUT2D eigenvalue weighted by Crippen LogP contribution is 2.13. The van der Waals surface area contributed by atoms with Crippen LogP contribution in [0.5, 0.6) is 0 Å². The van der Waals surface area contributed by atoms with Gasteiger partial charge in [-0.1, -0.05) is 0 Å². The van der Waals surface area contributed by atoms with Crippen molar-refractivity contribution in [3.05, 3.63) is 28.6 Å². The van der Waals surface area contributed by atoms with Gasteiger partial charge in [0.1, 0.15) is 0 Å². The minimum Gasteiger partial charge on any atom is -0.314 e. The molecule has 3 rings (SSSR count). The van der Waals surface area contributed by atoms with Gasteiger partial charge in [0, 0.05) is 23.1 Å². The fourth-order valence-electron chi connectivity index (χ4n) is 2.14. The van der Waals surface area contributed by atoms with Gasteiger partial charge >= 0.3 is 0 Å². The van der Waals surface area contributed by atoms with Gasteiger partial charge < -0.3 is 5.32 Å². The summed E-state index contributed by atoms with van der Waals surface area (Å²) in [5.41, 5.74) is 0.913. The molecule has 0 radical (unpaired) electrons. The molecule has 0 aliphatic carbocycles. The Kier molecular flexibility index (Phi) is 2.65. The van der Waals surface area contributed by atoms with E-state index in [0.29, 0.717) is 6.04 Å². The predicted molar refractivity (Wildman–Crippen MR) is 65.4 cm³/mol. The maximum atomic E-state index is 4.51. The van der Waals surface area contributed by atoms with E-state index in [1.807, 2.05) is 22.8 Å². The van der Waals surface area contributed by atoms with E-state index in [2.05, 4.69) is 31.3 Å². The molecule has 0 saturated carbocycles. The van der Waals surface area contributed by atoms with Crippen LogP contribution in [0.25, 0.3) is 5.65 Å². The maximum Gasteiger partial charge on any atom is 0.155 e. The molecule has 1 aliphatic rings. The average molecular weight is 281 g/mol. The monoisotopic (exact) mass is 280 g/mol. The molecule has 1 saturated heterocycles. The van der Waals surface area contributed by atoms with Crippen LogP contribution in [0, 0.1) is 0 Å². The Labute approximate surface area is 102 Å². The summed E-state index contributed by atoms with van der Waals surface area (Å²) in [5, 5.41) is 7.93. The molecule has 1 N–H and O–H groups in total. The lowest BCUT2D eigenvalue weighted by Crippen LogP contribution is -2.24. The number of halogens is 1. The van der Waals surface area contributed by atoms with E-state index in [0.717, 1.165) is 28.9 Å². The van der Waals surface area contributed by atoms with Crippen molar-refractivity contribution in [2.75, 3.05) is 6.54 Å². The van der Waals surface area contributed by atoms with Gasteiger partial charge in [-0.15, -0.1) is 0 Å². The molecule has 1 aliphatic heterocycles. The van der Waals surface area contributed by atoms with Crippen molar-refractivity contribution in [1.29, 1.82) is 0 Å². The number of fused-ring (bicyclic) bond motifs is 1. The van der Waals surface area contributed by atoms with Crippen molar-refractivity contribution in [3.63, 3.8) is 0 Å². The molecular formula is C11H13BrN4. The van der Waals surface area contributed by atoms with Gasteiger partial charge in [-0.3, -0.25) is 0 Å². The molecule has 3 heterocycles. The number of nitrogens with zero attached hydrogens (tertiary/aromatic N) is 3. The maximum absolute atomic E-state index is 4.51. The van der Waals surface area contributed by atoms with E-state index in [-0.39, 0.29) is 0 Å². The first-order valence-electron chi connectivity index (χ1n) is 5.55. The molecule has 4 nitrogen and oxygen atoms in total. The summed E-state index contributed by atoms with van der Waals surface area (Å²) in [5.74, 6) is 0.928. The van der Waals surface area contributed by atoms with E-state index in [1.54, 1.807) is 0 Å². The normalized spacial score (nSPS) is 20.7. The third kappa shape index (κ3) is 1.97. The second kappa shape index (κ2) is 4.14. The third-order valence-electron chi connectivity index (χ3n) is 2.93. The van der Waals surface area contributed by atoms with Gasteiger partial charge in [0.25, 0.3) is 0 Å². The summed E-state index contributed by atoms with van der Waals surface area (Å²) < 4.78 is 2.85. The van der Waals surface area contributed by atoms with Crippen LogP contribution in [0.15, 0.2) is 22.8 Å². The van der Waals surface area contributed by atoms with Gasteiger partial charge in [0.15, 0.2) is 11.5 Å². The number of pyridine rings is 1. The van der Waals surface area contributed by atoms with Crippen molar-refractivity contribution in [1.82, 2.24) is 19.9 Å². The van der Waals surface area contributed by atoms with Crippen LogP contribution in [0.1, 0.15) is 18.7 Å². The molecule has 2 aromatic rings. The number of hydrogen-bond acceptors (Lipinski definition) is 3. The second-order valence-electron chi connectivity index (χ2n) is 4.18. The molecule has 16 heavy (non-hydrogen) atoms. The highest BCUT2D eigenvalue weighted by molar-refractivity contribution is 9.10. The van der Waals surface area contributed by atoms with Crippen LogP contribution in [-0.2, 0) is 6.42 Å². The van der Waals surface area contributed by atoms with Gasteiger partial charge in [-0.25, -0.2) is 9.50 Å². The van der Waals surface area contributed by atoms with Crippen molar-refractivity contribution in [2.24, 2.45) is 0 Å². The lowest BCUT2D eigenvalue weighted by Gasteiger charge is -2.05. The molecule has 5 heteroatoms. The zero-order chi connectivity index (χ0) is 11.0. The quantitative estimate of drug-likeness (QED) is 0.912. The van der Waals surface area contributed by atoms with Crippen LogP contribution in [0.4, 0.5) is 0 Å². The molecule has 0 amide bonds. The molecule has 2 aromatic heterocycles.